The van der Waals surface area contributed by atoms with Gasteiger partial charge in [-0.3, -0.25) is 19.3 Å². The zero-order chi connectivity index (χ0) is 22.4. The van der Waals surface area contributed by atoms with Gasteiger partial charge in [-0.25, -0.2) is 0 Å². The first-order valence-electron chi connectivity index (χ1n) is 9.44. The summed E-state index contributed by atoms with van der Waals surface area (Å²) in [6.45, 7) is -0.251. The Morgan fingerprint density at radius 2 is 1.65 bits per heavy atom. The zero-order valence-electron chi connectivity index (χ0n) is 16.3. The van der Waals surface area contributed by atoms with Gasteiger partial charge >= 0.3 is 6.18 Å². The summed E-state index contributed by atoms with van der Waals surface area (Å²) >= 11 is 0.784. The number of carbonyl (C=O) groups is 3. The van der Waals surface area contributed by atoms with E-state index in [0.717, 1.165) is 22.2 Å². The highest BCUT2D eigenvalue weighted by Gasteiger charge is 2.42. The average Bonchev–Trinajstić information content (AvgIpc) is 3.00. The van der Waals surface area contributed by atoms with Gasteiger partial charge in [-0.2, -0.15) is 13.2 Å². The minimum Gasteiger partial charge on any atom is -0.354 e. The molecule has 1 atom stereocenters. The van der Waals surface area contributed by atoms with E-state index in [1.165, 1.54) is 24.3 Å². The number of halogens is 3. The van der Waals surface area contributed by atoms with Crippen molar-refractivity contribution in [2.45, 2.75) is 18.5 Å². The number of hydrogen-bond donors (Lipinski definition) is 1. The van der Waals surface area contributed by atoms with Crippen LogP contribution in [0.1, 0.15) is 23.5 Å². The molecule has 0 aromatic heterocycles. The normalized spacial score (nSPS) is 16.6. The second-order valence-electron chi connectivity index (χ2n) is 6.80. The lowest BCUT2D eigenvalue weighted by molar-refractivity contribution is -0.157. The Balaban J connectivity index is 1.56. The largest absolute Gasteiger partial charge is 0.396 e. The predicted molar refractivity (Wildman–Crippen MR) is 112 cm³/mol. The van der Waals surface area contributed by atoms with Crippen molar-refractivity contribution in [3.63, 3.8) is 0 Å². The van der Waals surface area contributed by atoms with Gasteiger partial charge in [0.1, 0.15) is 0 Å². The molecule has 1 heterocycles. The molecule has 162 valence electrons. The molecule has 1 aliphatic heterocycles. The fraction of sp³-hybridized carbons (Fsp3) is 0.227. The molecule has 2 aromatic carbocycles. The molecule has 1 unspecified atom stereocenters. The van der Waals surface area contributed by atoms with Crippen LogP contribution in [0.4, 0.5) is 18.0 Å². The van der Waals surface area contributed by atoms with E-state index in [1.807, 2.05) is 6.07 Å². The summed E-state index contributed by atoms with van der Waals surface area (Å²) in [4.78, 5) is 37.9. The van der Waals surface area contributed by atoms with Gasteiger partial charge in [-0.05, 0) is 29.0 Å². The second kappa shape index (κ2) is 9.82. The summed E-state index contributed by atoms with van der Waals surface area (Å²) in [7, 11) is 0. The Labute approximate surface area is 181 Å². The van der Waals surface area contributed by atoms with E-state index in [-0.39, 0.29) is 23.6 Å². The van der Waals surface area contributed by atoms with E-state index in [2.05, 4.69) is 5.32 Å². The Morgan fingerprint density at radius 3 is 2.26 bits per heavy atom. The van der Waals surface area contributed by atoms with E-state index < -0.39 is 35.6 Å². The molecule has 0 spiro atoms. The zero-order valence-corrected chi connectivity index (χ0v) is 17.1. The Kier molecular flexibility index (Phi) is 7.17. The quantitative estimate of drug-likeness (QED) is 0.630. The molecule has 9 heteroatoms. The van der Waals surface area contributed by atoms with Crippen LogP contribution in [0, 0.1) is 0 Å². The molecule has 3 rings (SSSR count). The van der Waals surface area contributed by atoms with Crippen molar-refractivity contribution in [3.8, 4) is 0 Å². The number of hydrogen-bond acceptors (Lipinski definition) is 4. The van der Waals surface area contributed by atoms with Crippen LogP contribution in [0.2, 0.25) is 0 Å². The minimum atomic E-state index is -4.58. The van der Waals surface area contributed by atoms with Crippen LogP contribution < -0.4 is 5.32 Å². The van der Waals surface area contributed by atoms with Gasteiger partial charge in [-0.1, -0.05) is 60.7 Å². The highest BCUT2D eigenvalue weighted by atomic mass is 32.2. The SMILES string of the molecule is O=C(CC(c1ccccc1)C(F)(F)F)NCCN1C(=O)SC(=Cc2ccccc2)C1=O. The summed E-state index contributed by atoms with van der Waals surface area (Å²) in [5.74, 6) is -3.23. The summed E-state index contributed by atoms with van der Waals surface area (Å²) in [6.07, 6.45) is -3.76. The van der Waals surface area contributed by atoms with Crippen LogP contribution in [0.5, 0.6) is 0 Å². The van der Waals surface area contributed by atoms with Crippen LogP contribution in [0.25, 0.3) is 6.08 Å². The van der Waals surface area contributed by atoms with Crippen molar-refractivity contribution in [2.24, 2.45) is 0 Å². The maximum absolute atomic E-state index is 13.4. The lowest BCUT2D eigenvalue weighted by Crippen LogP contribution is -2.38. The Bertz CT molecular complexity index is 979. The number of thioether (sulfide) groups is 1. The number of amides is 3. The third-order valence-electron chi connectivity index (χ3n) is 4.62. The number of nitrogens with zero attached hydrogens (tertiary/aromatic N) is 1. The maximum atomic E-state index is 13.4. The lowest BCUT2D eigenvalue weighted by Gasteiger charge is -2.20. The molecule has 5 nitrogen and oxygen atoms in total. The summed E-state index contributed by atoms with van der Waals surface area (Å²) < 4.78 is 40.1. The fourth-order valence-corrected chi connectivity index (χ4v) is 3.93. The lowest BCUT2D eigenvalue weighted by atomic mass is 9.95. The predicted octanol–water partition coefficient (Wildman–Crippen LogP) is 4.58. The van der Waals surface area contributed by atoms with Gasteiger partial charge in [0.05, 0.1) is 10.8 Å². The standard InChI is InChI=1S/C22H19F3N2O3S/c23-22(24,25)17(16-9-5-2-6-10-16)14-19(28)26-11-12-27-20(29)18(31-21(27)30)13-15-7-3-1-4-8-15/h1-10,13,17H,11-12,14H2,(H,26,28). The fourth-order valence-electron chi connectivity index (χ4n) is 3.07. The Morgan fingerprint density at radius 1 is 1.03 bits per heavy atom. The van der Waals surface area contributed by atoms with E-state index in [1.54, 1.807) is 36.4 Å². The van der Waals surface area contributed by atoms with Gasteiger partial charge in [0, 0.05) is 19.5 Å². The van der Waals surface area contributed by atoms with Crippen LogP contribution in [0.3, 0.4) is 0 Å². The molecule has 0 radical (unpaired) electrons. The van der Waals surface area contributed by atoms with Gasteiger partial charge in [0.2, 0.25) is 5.91 Å². The number of nitrogens with one attached hydrogen (secondary N) is 1. The van der Waals surface area contributed by atoms with E-state index >= 15 is 0 Å². The third-order valence-corrected chi connectivity index (χ3v) is 5.52. The molecule has 2 aromatic rings. The first kappa shape index (κ1) is 22.6. The maximum Gasteiger partial charge on any atom is 0.396 e. The van der Waals surface area contributed by atoms with E-state index in [4.69, 9.17) is 0 Å². The van der Waals surface area contributed by atoms with Crippen LogP contribution >= 0.6 is 11.8 Å². The number of benzene rings is 2. The number of imide groups is 1. The molecular formula is C22H19F3N2O3S. The third kappa shape index (κ3) is 5.97. The van der Waals surface area contributed by atoms with Crippen molar-refractivity contribution in [1.82, 2.24) is 10.2 Å². The topological polar surface area (TPSA) is 66.5 Å². The molecule has 1 aliphatic rings. The average molecular weight is 448 g/mol. The molecule has 0 aliphatic carbocycles. The first-order chi connectivity index (χ1) is 14.8. The summed E-state index contributed by atoms with van der Waals surface area (Å²) in [5, 5.41) is 1.89. The van der Waals surface area contributed by atoms with Gasteiger partial charge in [0.25, 0.3) is 11.1 Å². The molecule has 0 bridgehead atoms. The highest BCUT2D eigenvalue weighted by Crippen LogP contribution is 2.37. The van der Waals surface area contributed by atoms with Crippen LogP contribution in [0.15, 0.2) is 65.6 Å². The van der Waals surface area contributed by atoms with Crippen LogP contribution in [-0.2, 0) is 9.59 Å². The number of carbonyl (C=O) groups excluding carboxylic acids is 3. The number of rotatable bonds is 7. The molecule has 0 saturated carbocycles. The highest BCUT2D eigenvalue weighted by molar-refractivity contribution is 8.18. The first-order valence-corrected chi connectivity index (χ1v) is 10.3. The van der Waals surface area contributed by atoms with Gasteiger partial charge < -0.3 is 5.32 Å². The summed E-state index contributed by atoms with van der Waals surface area (Å²) in [5.41, 5.74) is 0.766. The molecule has 1 fully saturated rings. The monoisotopic (exact) mass is 448 g/mol. The number of alkyl halides is 3. The van der Waals surface area contributed by atoms with Crippen molar-refractivity contribution < 1.29 is 27.6 Å². The van der Waals surface area contributed by atoms with Crippen molar-refractivity contribution in [1.29, 1.82) is 0 Å². The molecule has 3 amide bonds. The minimum absolute atomic E-state index is 0.00198. The van der Waals surface area contributed by atoms with Crippen molar-refractivity contribution in [2.75, 3.05) is 13.1 Å². The smallest absolute Gasteiger partial charge is 0.354 e. The Hall–Kier alpha value is -3.07. The van der Waals surface area contributed by atoms with E-state index in [9.17, 15) is 27.6 Å². The molecular weight excluding hydrogens is 429 g/mol. The van der Waals surface area contributed by atoms with Crippen molar-refractivity contribution >= 4 is 34.9 Å². The van der Waals surface area contributed by atoms with E-state index in [0.29, 0.717) is 0 Å². The van der Waals surface area contributed by atoms with Crippen molar-refractivity contribution in [3.05, 3.63) is 76.7 Å². The molecule has 31 heavy (non-hydrogen) atoms. The summed E-state index contributed by atoms with van der Waals surface area (Å²) in [6, 6.07) is 16.2. The van der Waals surface area contributed by atoms with Crippen LogP contribution in [-0.4, -0.2) is 41.2 Å². The molecule has 1 saturated heterocycles. The van der Waals surface area contributed by atoms with Gasteiger partial charge in [0.15, 0.2) is 0 Å². The second-order valence-corrected chi connectivity index (χ2v) is 7.80. The molecule has 1 N–H and O–H groups in total. The van der Waals surface area contributed by atoms with Gasteiger partial charge in [-0.15, -0.1) is 0 Å².